The van der Waals surface area contributed by atoms with Crippen LogP contribution < -0.4 is 9.80 Å². The number of carbonyl (C=O) groups excluding carboxylic acids is 4. The third-order valence-electron chi connectivity index (χ3n) is 10.8. The van der Waals surface area contributed by atoms with Crippen LogP contribution >= 0.6 is 0 Å². The molecule has 44 heavy (non-hydrogen) atoms. The van der Waals surface area contributed by atoms with Gasteiger partial charge < -0.3 is 0 Å². The van der Waals surface area contributed by atoms with Gasteiger partial charge in [-0.15, -0.1) is 0 Å². The van der Waals surface area contributed by atoms with Gasteiger partial charge in [0.05, 0.1) is 35.0 Å². The minimum absolute atomic E-state index is 0.169. The van der Waals surface area contributed by atoms with E-state index < -0.39 is 23.7 Å². The molecule has 0 radical (unpaired) electrons. The fourth-order valence-electron chi connectivity index (χ4n) is 9.10. The van der Waals surface area contributed by atoms with Crippen molar-refractivity contribution in [1.29, 1.82) is 0 Å². The number of fused-ring (bicyclic) bond motifs is 1. The van der Waals surface area contributed by atoms with Crippen LogP contribution in [-0.4, -0.2) is 23.6 Å². The first-order chi connectivity index (χ1) is 21.2. The fourth-order valence-corrected chi connectivity index (χ4v) is 9.10. The molecule has 2 bridgehead atoms. The van der Waals surface area contributed by atoms with Gasteiger partial charge in [0.2, 0.25) is 23.6 Å². The molecule has 6 aliphatic rings. The minimum atomic E-state index is -0.581. The average Bonchev–Trinajstić information content (AvgIpc) is 3.43. The molecule has 0 N–H and O–H groups in total. The van der Waals surface area contributed by atoms with Crippen LogP contribution in [0, 0.1) is 69.1 Å². The molecule has 4 aliphatic carbocycles. The van der Waals surface area contributed by atoms with Gasteiger partial charge >= 0.3 is 0 Å². The molecule has 2 heterocycles. The molecule has 3 fully saturated rings. The van der Waals surface area contributed by atoms with E-state index in [2.05, 4.69) is 24.3 Å². The number of allylic oxidation sites excluding steroid dienone is 4. The summed E-state index contributed by atoms with van der Waals surface area (Å²) in [5, 5.41) is 0. The molecule has 0 unspecified atom stereocenters. The number of hydrogen-bond acceptors (Lipinski definition) is 4. The molecular weight excluding hydrogens is 548 g/mol. The number of imide groups is 2. The first-order valence-electron chi connectivity index (χ1n) is 15.5. The van der Waals surface area contributed by atoms with Crippen molar-refractivity contribution in [3.8, 4) is 0 Å². The smallest absolute Gasteiger partial charge is 0.238 e. The largest absolute Gasteiger partial charge is 0.274 e. The lowest BCUT2D eigenvalue weighted by Gasteiger charge is -2.51. The topological polar surface area (TPSA) is 74.8 Å². The monoisotopic (exact) mass is 582 g/mol. The molecule has 220 valence electrons. The summed E-state index contributed by atoms with van der Waals surface area (Å²) < 4.78 is 0. The van der Waals surface area contributed by atoms with Gasteiger partial charge in [0, 0.05) is 11.8 Å². The van der Waals surface area contributed by atoms with Gasteiger partial charge in [-0.1, -0.05) is 83.4 Å². The molecule has 3 aromatic carbocycles. The van der Waals surface area contributed by atoms with Crippen molar-refractivity contribution in [1.82, 2.24) is 0 Å². The van der Waals surface area contributed by atoms with Crippen molar-refractivity contribution in [3.63, 3.8) is 0 Å². The van der Waals surface area contributed by atoms with Crippen molar-refractivity contribution in [2.45, 2.75) is 34.1 Å². The quantitative estimate of drug-likeness (QED) is 0.276. The summed E-state index contributed by atoms with van der Waals surface area (Å²) >= 11 is 0. The highest BCUT2D eigenvalue weighted by atomic mass is 16.2. The molecule has 9 rings (SSSR count). The number of carbonyl (C=O) groups is 4. The number of aryl methyl sites for hydroxylation is 4. The lowest BCUT2D eigenvalue weighted by Crippen LogP contribution is -2.51. The Labute approximate surface area is 257 Å². The molecular formula is C38H34N2O4. The van der Waals surface area contributed by atoms with Crippen molar-refractivity contribution in [3.05, 3.63) is 112 Å². The Hall–Kier alpha value is -4.58. The molecule has 2 aliphatic heterocycles. The first kappa shape index (κ1) is 27.0. The molecule has 6 nitrogen and oxygen atoms in total. The van der Waals surface area contributed by atoms with E-state index in [0.717, 1.165) is 39.0 Å². The van der Waals surface area contributed by atoms with Crippen molar-refractivity contribution < 1.29 is 19.2 Å². The van der Waals surface area contributed by atoms with Crippen LogP contribution in [0.25, 0.3) is 5.57 Å². The van der Waals surface area contributed by atoms with Crippen LogP contribution in [0.5, 0.6) is 0 Å². The molecule has 3 aromatic rings. The van der Waals surface area contributed by atoms with Crippen LogP contribution in [0.1, 0.15) is 34.2 Å². The van der Waals surface area contributed by atoms with Crippen molar-refractivity contribution in [2.24, 2.45) is 41.4 Å². The van der Waals surface area contributed by atoms with Crippen LogP contribution in [0.15, 0.2) is 84.5 Å². The van der Waals surface area contributed by atoms with E-state index in [9.17, 15) is 19.2 Å². The third kappa shape index (κ3) is 3.54. The number of nitrogens with zero attached hydrogens (tertiary/aromatic N) is 2. The van der Waals surface area contributed by atoms with E-state index >= 15 is 0 Å². The summed E-state index contributed by atoms with van der Waals surface area (Å²) in [6, 6.07) is 21.6. The fraction of sp³-hybridized carbons (Fsp3) is 0.316. The second-order valence-electron chi connectivity index (χ2n) is 13.3. The zero-order chi connectivity index (χ0) is 30.6. The van der Waals surface area contributed by atoms with E-state index in [0.29, 0.717) is 17.8 Å². The van der Waals surface area contributed by atoms with Crippen molar-refractivity contribution in [2.75, 3.05) is 9.80 Å². The van der Waals surface area contributed by atoms with E-state index in [1.54, 1.807) is 0 Å². The molecule has 6 heteroatoms. The second-order valence-corrected chi connectivity index (χ2v) is 13.3. The second kappa shape index (κ2) is 9.46. The molecule has 1 saturated carbocycles. The predicted octanol–water partition coefficient (Wildman–Crippen LogP) is 6.12. The van der Waals surface area contributed by atoms with Gasteiger partial charge in [-0.05, 0) is 74.4 Å². The Morgan fingerprint density at radius 2 is 1.16 bits per heavy atom. The number of anilines is 2. The predicted molar refractivity (Wildman–Crippen MR) is 168 cm³/mol. The normalized spacial score (nSPS) is 30.3. The zero-order valence-electron chi connectivity index (χ0n) is 25.3. The van der Waals surface area contributed by atoms with Crippen LogP contribution in [0.3, 0.4) is 0 Å². The summed E-state index contributed by atoms with van der Waals surface area (Å²) in [7, 11) is 0. The summed E-state index contributed by atoms with van der Waals surface area (Å²) in [6.07, 6.45) is 4.60. The Morgan fingerprint density at radius 3 is 1.77 bits per heavy atom. The lowest BCUT2D eigenvalue weighted by atomic mass is 9.49. The first-order valence-corrected chi connectivity index (χ1v) is 15.5. The summed E-state index contributed by atoms with van der Waals surface area (Å²) in [4.78, 5) is 60.0. The van der Waals surface area contributed by atoms with Gasteiger partial charge in [0.25, 0.3) is 0 Å². The van der Waals surface area contributed by atoms with Crippen molar-refractivity contribution >= 4 is 40.6 Å². The van der Waals surface area contributed by atoms with Crippen LogP contribution in [-0.2, 0) is 19.2 Å². The van der Waals surface area contributed by atoms with E-state index in [-0.39, 0.29) is 41.4 Å². The summed E-state index contributed by atoms with van der Waals surface area (Å²) in [6.45, 7) is 7.86. The highest BCUT2D eigenvalue weighted by Crippen LogP contribution is 2.63. The average molecular weight is 583 g/mol. The molecule has 0 spiro atoms. The summed E-state index contributed by atoms with van der Waals surface area (Å²) in [5.41, 5.74) is 8.28. The van der Waals surface area contributed by atoms with Crippen LogP contribution in [0.4, 0.5) is 11.4 Å². The van der Waals surface area contributed by atoms with Crippen LogP contribution in [0.2, 0.25) is 0 Å². The molecule has 7 atom stereocenters. The molecule has 0 aromatic heterocycles. The maximum Gasteiger partial charge on any atom is 0.238 e. The van der Waals surface area contributed by atoms with Gasteiger partial charge in [0.1, 0.15) is 0 Å². The number of rotatable bonds is 3. The lowest BCUT2D eigenvalue weighted by molar-refractivity contribution is -0.129. The molecule has 2 saturated heterocycles. The number of amides is 4. The SMILES string of the molecule is Cc1ccc(N2C(=O)[C@H]3[C@@H]4C=C[C@@H](C5=C(c6ccccc6)C[C@H]6C(=O)N(c7ccc(C)cc7C)C(=O)[C@H]6[C@H]54)[C@H]3C2=O)c(C)c1. The molecule has 4 amide bonds. The van der Waals surface area contributed by atoms with E-state index in [1.165, 1.54) is 9.80 Å². The number of benzene rings is 3. The number of hydrogen-bond donors (Lipinski definition) is 0. The highest BCUT2D eigenvalue weighted by molar-refractivity contribution is 6.25. The summed E-state index contributed by atoms with van der Waals surface area (Å²) in [5.74, 6) is -3.93. The standard InChI is InChI=1S/C38H34N2O4/c1-19-10-14-28(21(3)16-19)39-35(41)27-18-26(23-8-6-5-7-9-23)30-24-12-13-25(31(30)34(27)38(39)44)33-32(24)36(42)40(37(33)43)29-15-11-20(2)17-22(29)4/h5-17,24-25,27,31-34H,18H2,1-4H3/t24-,25+,27+,31-,32+,33-,34+/m0/s1. The maximum atomic E-state index is 14.5. The van der Waals surface area contributed by atoms with Gasteiger partial charge in [-0.2, -0.15) is 0 Å². The Bertz CT molecular complexity index is 1870. The van der Waals surface area contributed by atoms with Gasteiger partial charge in [-0.3, -0.25) is 19.2 Å². The van der Waals surface area contributed by atoms with Gasteiger partial charge in [0.15, 0.2) is 0 Å². The Kier molecular flexibility index (Phi) is 5.80. The maximum absolute atomic E-state index is 14.5. The zero-order valence-corrected chi connectivity index (χ0v) is 25.3. The van der Waals surface area contributed by atoms with E-state index in [1.807, 2.05) is 82.3 Å². The Morgan fingerprint density at radius 1 is 0.591 bits per heavy atom. The Balaban J connectivity index is 1.29. The highest BCUT2D eigenvalue weighted by Gasteiger charge is 2.67. The van der Waals surface area contributed by atoms with Gasteiger partial charge in [-0.25, -0.2) is 9.80 Å². The third-order valence-corrected chi connectivity index (χ3v) is 10.8. The minimum Gasteiger partial charge on any atom is -0.274 e. The van der Waals surface area contributed by atoms with E-state index in [4.69, 9.17) is 0 Å².